The van der Waals surface area contributed by atoms with Gasteiger partial charge in [0.2, 0.25) is 5.91 Å². The van der Waals surface area contributed by atoms with Gasteiger partial charge in [-0.2, -0.15) is 0 Å². The van der Waals surface area contributed by atoms with Gasteiger partial charge in [-0.25, -0.2) is 9.97 Å². The Morgan fingerprint density at radius 2 is 2.04 bits per heavy atom. The Kier molecular flexibility index (Phi) is 5.48. The summed E-state index contributed by atoms with van der Waals surface area (Å²) < 4.78 is 0. The number of hydrogen-bond donors (Lipinski definition) is 0. The van der Waals surface area contributed by atoms with E-state index in [9.17, 15) is 4.79 Å². The van der Waals surface area contributed by atoms with Gasteiger partial charge >= 0.3 is 0 Å². The maximum Gasteiger partial charge on any atom is 0.223 e. The fourth-order valence-electron chi connectivity index (χ4n) is 4.17. The van der Waals surface area contributed by atoms with Crippen LogP contribution in [0.5, 0.6) is 0 Å². The number of aryl methyl sites for hydroxylation is 1. The number of carbonyl (C=O) groups excluding carboxylic acids is 1. The van der Waals surface area contributed by atoms with Crippen LogP contribution in [0.15, 0.2) is 36.5 Å². The molecule has 1 amide bonds. The number of piperidine rings is 1. The van der Waals surface area contributed by atoms with E-state index in [1.165, 1.54) is 16.8 Å². The third-order valence-electron chi connectivity index (χ3n) is 5.73. The highest BCUT2D eigenvalue weighted by atomic mass is 16.2. The average molecular weight is 364 g/mol. The van der Waals surface area contributed by atoms with Gasteiger partial charge in [0.1, 0.15) is 0 Å². The lowest BCUT2D eigenvalue weighted by Crippen LogP contribution is -2.39. The molecule has 0 saturated carbocycles. The number of aromatic nitrogens is 2. The second kappa shape index (κ2) is 8.17. The highest BCUT2D eigenvalue weighted by Crippen LogP contribution is 2.30. The molecule has 0 unspecified atom stereocenters. The molecule has 3 heterocycles. The Hall–Kier alpha value is -2.27. The van der Waals surface area contributed by atoms with Crippen molar-refractivity contribution in [3.05, 3.63) is 59.2 Å². The summed E-state index contributed by atoms with van der Waals surface area (Å²) in [5.41, 5.74) is 3.61. The molecule has 0 aliphatic carbocycles. The summed E-state index contributed by atoms with van der Waals surface area (Å²) in [5, 5.41) is 0. The van der Waals surface area contributed by atoms with E-state index in [1.807, 2.05) is 29.3 Å². The minimum atomic E-state index is 0.0342. The average Bonchev–Trinajstić information content (AvgIpc) is 2.72. The van der Waals surface area contributed by atoms with Crippen molar-refractivity contribution in [3.8, 4) is 0 Å². The van der Waals surface area contributed by atoms with Crippen LogP contribution < -0.4 is 0 Å². The van der Waals surface area contributed by atoms with Gasteiger partial charge in [-0.15, -0.1) is 0 Å². The van der Waals surface area contributed by atoms with E-state index >= 15 is 0 Å². The van der Waals surface area contributed by atoms with Crippen LogP contribution in [0.2, 0.25) is 0 Å². The van der Waals surface area contributed by atoms with Crippen LogP contribution in [0.4, 0.5) is 0 Å². The quantitative estimate of drug-likeness (QED) is 0.836. The van der Waals surface area contributed by atoms with Crippen LogP contribution in [-0.4, -0.2) is 45.8 Å². The molecule has 0 bridgehead atoms. The van der Waals surface area contributed by atoms with Crippen molar-refractivity contribution in [2.75, 3.05) is 20.1 Å². The normalized spacial score (nSPS) is 20.3. The van der Waals surface area contributed by atoms with Gasteiger partial charge in [-0.1, -0.05) is 30.3 Å². The minimum absolute atomic E-state index is 0.0342. The number of likely N-dealkylation sites (tertiary alicyclic amines) is 1. The number of fused-ring (bicyclic) bond motifs is 1. The molecule has 1 aromatic heterocycles. The summed E-state index contributed by atoms with van der Waals surface area (Å²) in [5.74, 6) is 1.07. The molecule has 5 nitrogen and oxygen atoms in total. The van der Waals surface area contributed by atoms with Crippen molar-refractivity contribution in [2.45, 2.75) is 51.1 Å². The van der Waals surface area contributed by atoms with E-state index in [1.54, 1.807) is 0 Å². The van der Waals surface area contributed by atoms with Crippen molar-refractivity contribution in [1.82, 2.24) is 19.8 Å². The van der Waals surface area contributed by atoms with Crippen molar-refractivity contribution < 1.29 is 4.79 Å². The number of amides is 1. The first-order valence-corrected chi connectivity index (χ1v) is 10.1. The summed E-state index contributed by atoms with van der Waals surface area (Å²) in [6.45, 7) is 2.77. The second-order valence-corrected chi connectivity index (χ2v) is 7.77. The predicted octanol–water partition coefficient (Wildman–Crippen LogP) is 3.15. The van der Waals surface area contributed by atoms with Crippen molar-refractivity contribution in [3.63, 3.8) is 0 Å². The Morgan fingerprint density at radius 3 is 2.89 bits per heavy atom. The second-order valence-electron chi connectivity index (χ2n) is 7.77. The topological polar surface area (TPSA) is 49.3 Å². The largest absolute Gasteiger partial charge is 0.332 e. The Balaban J connectivity index is 1.48. The van der Waals surface area contributed by atoms with Crippen LogP contribution in [-0.2, 0) is 24.2 Å². The zero-order valence-electron chi connectivity index (χ0n) is 16.1. The van der Waals surface area contributed by atoms with Crippen molar-refractivity contribution >= 4 is 5.91 Å². The monoisotopic (exact) mass is 364 g/mol. The van der Waals surface area contributed by atoms with Gasteiger partial charge in [0.25, 0.3) is 0 Å². The van der Waals surface area contributed by atoms with E-state index in [-0.39, 0.29) is 11.9 Å². The Labute approximate surface area is 161 Å². The number of carbonyl (C=O) groups is 1. The molecule has 5 heteroatoms. The molecular weight excluding hydrogens is 336 g/mol. The molecule has 0 N–H and O–H groups in total. The molecule has 1 atom stereocenters. The van der Waals surface area contributed by atoms with Crippen LogP contribution in [0.25, 0.3) is 0 Å². The zero-order chi connectivity index (χ0) is 18.6. The van der Waals surface area contributed by atoms with E-state index in [0.717, 1.165) is 57.6 Å². The highest BCUT2D eigenvalue weighted by molar-refractivity contribution is 5.77. The fraction of sp³-hybridized carbons (Fsp3) is 0.500. The van der Waals surface area contributed by atoms with E-state index in [2.05, 4.69) is 29.1 Å². The number of rotatable bonds is 4. The molecule has 1 fully saturated rings. The maximum absolute atomic E-state index is 13.0. The summed E-state index contributed by atoms with van der Waals surface area (Å²) in [6.07, 6.45) is 7.47. The molecule has 2 aliphatic rings. The van der Waals surface area contributed by atoms with E-state index in [0.29, 0.717) is 6.42 Å². The Bertz CT molecular complexity index is 792. The minimum Gasteiger partial charge on any atom is -0.332 e. The lowest BCUT2D eigenvalue weighted by molar-refractivity contribution is -0.135. The number of hydrogen-bond acceptors (Lipinski definition) is 4. The van der Waals surface area contributed by atoms with Gasteiger partial charge in [0.15, 0.2) is 5.82 Å². The fourth-order valence-corrected chi connectivity index (χ4v) is 4.17. The lowest BCUT2D eigenvalue weighted by Gasteiger charge is -2.35. The summed E-state index contributed by atoms with van der Waals surface area (Å²) in [4.78, 5) is 26.8. The molecule has 142 valence electrons. The van der Waals surface area contributed by atoms with Gasteiger partial charge in [-0.3, -0.25) is 4.79 Å². The number of nitrogens with zero attached hydrogens (tertiary/aromatic N) is 4. The first kappa shape index (κ1) is 18.1. The van der Waals surface area contributed by atoms with Gasteiger partial charge in [0, 0.05) is 49.9 Å². The van der Waals surface area contributed by atoms with Crippen LogP contribution in [0, 0.1) is 0 Å². The number of likely N-dealkylation sites (N-methyl/N-ethyl adjacent to an activating group) is 1. The summed E-state index contributed by atoms with van der Waals surface area (Å²) in [7, 11) is 2.13. The molecule has 0 radical (unpaired) electrons. The highest BCUT2D eigenvalue weighted by Gasteiger charge is 2.30. The molecule has 2 aliphatic heterocycles. The SMILES string of the molecule is CN1CCc2nc([C@@H]3CCCCN3C(=O)CCc3ccccc3)ncc2C1. The van der Waals surface area contributed by atoms with Crippen molar-refractivity contribution in [1.29, 1.82) is 0 Å². The number of benzene rings is 1. The Morgan fingerprint density at radius 1 is 1.19 bits per heavy atom. The smallest absolute Gasteiger partial charge is 0.223 e. The third kappa shape index (κ3) is 4.19. The van der Waals surface area contributed by atoms with Gasteiger partial charge in [-0.05, 0) is 38.3 Å². The first-order valence-electron chi connectivity index (χ1n) is 10.1. The zero-order valence-corrected chi connectivity index (χ0v) is 16.1. The van der Waals surface area contributed by atoms with Crippen LogP contribution in [0.1, 0.15) is 54.4 Å². The standard InChI is InChI=1S/C22H28N4O/c1-25-14-12-19-18(16-25)15-23-22(24-19)20-9-5-6-13-26(20)21(27)11-10-17-7-3-2-4-8-17/h2-4,7-8,15,20H,5-6,9-14,16H2,1H3/t20-/m0/s1. The summed E-state index contributed by atoms with van der Waals surface area (Å²) >= 11 is 0. The predicted molar refractivity (Wildman–Crippen MR) is 105 cm³/mol. The van der Waals surface area contributed by atoms with E-state index in [4.69, 9.17) is 4.98 Å². The molecule has 1 saturated heterocycles. The summed E-state index contributed by atoms with van der Waals surface area (Å²) in [6, 6.07) is 10.3. The van der Waals surface area contributed by atoms with Crippen LogP contribution >= 0.6 is 0 Å². The molecule has 4 rings (SSSR count). The molecule has 0 spiro atoms. The van der Waals surface area contributed by atoms with Crippen LogP contribution in [0.3, 0.4) is 0 Å². The first-order chi connectivity index (χ1) is 13.2. The van der Waals surface area contributed by atoms with Gasteiger partial charge in [0.05, 0.1) is 6.04 Å². The lowest BCUT2D eigenvalue weighted by atomic mass is 9.99. The van der Waals surface area contributed by atoms with Gasteiger partial charge < -0.3 is 9.80 Å². The van der Waals surface area contributed by atoms with Crippen molar-refractivity contribution in [2.24, 2.45) is 0 Å². The maximum atomic E-state index is 13.0. The molecular formula is C22H28N4O. The molecule has 27 heavy (non-hydrogen) atoms. The third-order valence-corrected chi connectivity index (χ3v) is 5.73. The molecule has 2 aromatic rings. The van der Waals surface area contributed by atoms with E-state index < -0.39 is 0 Å². The molecule has 1 aromatic carbocycles.